The minimum Gasteiger partial charge on any atom is -0.376 e. The molecular formula is C18H18BrN3O. The fraction of sp³-hybridized carbons (Fsp3) is 0.111. The fourth-order valence-corrected chi connectivity index (χ4v) is 2.04. The van der Waals surface area contributed by atoms with Crippen LogP contribution in [0.4, 0.5) is 5.69 Å². The van der Waals surface area contributed by atoms with Crippen LogP contribution in [0.15, 0.2) is 64.2 Å². The van der Waals surface area contributed by atoms with Crippen LogP contribution in [0.25, 0.3) is 6.08 Å². The molecule has 0 heterocycles. The Kier molecular flexibility index (Phi) is 6.56. The van der Waals surface area contributed by atoms with E-state index in [1.807, 2.05) is 61.5 Å². The normalized spacial score (nSPS) is 11.0. The van der Waals surface area contributed by atoms with E-state index < -0.39 is 0 Å². The molecule has 23 heavy (non-hydrogen) atoms. The molecule has 0 bridgehead atoms. The third kappa shape index (κ3) is 6.48. The molecule has 4 nitrogen and oxygen atoms in total. The summed E-state index contributed by atoms with van der Waals surface area (Å²) in [5, 5.41) is 6.90. The summed E-state index contributed by atoms with van der Waals surface area (Å²) in [6, 6.07) is 15.8. The smallest absolute Gasteiger partial charge is 0.259 e. The number of carbonyl (C=O) groups excluding carboxylic acids is 1. The molecule has 2 aromatic carbocycles. The largest absolute Gasteiger partial charge is 0.376 e. The highest BCUT2D eigenvalue weighted by molar-refractivity contribution is 9.10. The zero-order valence-electron chi connectivity index (χ0n) is 12.8. The van der Waals surface area contributed by atoms with Gasteiger partial charge < -0.3 is 5.32 Å². The van der Waals surface area contributed by atoms with Crippen molar-refractivity contribution in [2.75, 3.05) is 11.9 Å². The van der Waals surface area contributed by atoms with Crippen molar-refractivity contribution in [3.05, 3.63) is 70.2 Å². The van der Waals surface area contributed by atoms with Crippen molar-refractivity contribution in [1.82, 2.24) is 5.43 Å². The molecule has 0 saturated carbocycles. The molecule has 0 aliphatic heterocycles. The topological polar surface area (TPSA) is 53.5 Å². The van der Waals surface area contributed by atoms with Crippen molar-refractivity contribution >= 4 is 39.8 Å². The van der Waals surface area contributed by atoms with Crippen molar-refractivity contribution < 1.29 is 4.79 Å². The minimum atomic E-state index is -0.195. The highest BCUT2D eigenvalue weighted by atomic mass is 79.9. The third-order valence-electron chi connectivity index (χ3n) is 3.01. The standard InChI is InChI=1S/C18H18BrN3O/c1-14-4-10-17(11-5-14)20-13-18(23)22-21-12-2-3-15-6-8-16(19)9-7-15/h2-12,20H,13H2,1H3,(H,22,23)/b3-2+,21-12+. The first-order valence-electron chi connectivity index (χ1n) is 7.18. The Balaban J connectivity index is 1.71. The Hall–Kier alpha value is -2.40. The van der Waals surface area contributed by atoms with Crippen LogP contribution in [0.5, 0.6) is 0 Å². The van der Waals surface area contributed by atoms with E-state index in [-0.39, 0.29) is 12.5 Å². The van der Waals surface area contributed by atoms with Crippen molar-refractivity contribution in [1.29, 1.82) is 0 Å². The van der Waals surface area contributed by atoms with Gasteiger partial charge in [-0.1, -0.05) is 51.8 Å². The van der Waals surface area contributed by atoms with Gasteiger partial charge in [0, 0.05) is 16.4 Å². The number of benzene rings is 2. The number of allylic oxidation sites excluding steroid dienone is 1. The highest BCUT2D eigenvalue weighted by Gasteiger charge is 1.98. The molecule has 1 amide bonds. The molecule has 118 valence electrons. The van der Waals surface area contributed by atoms with Crippen molar-refractivity contribution in [3.8, 4) is 0 Å². The van der Waals surface area contributed by atoms with Crippen LogP contribution in [-0.2, 0) is 4.79 Å². The van der Waals surface area contributed by atoms with Crippen molar-refractivity contribution in [2.24, 2.45) is 5.10 Å². The number of anilines is 1. The van der Waals surface area contributed by atoms with E-state index in [2.05, 4.69) is 31.8 Å². The summed E-state index contributed by atoms with van der Waals surface area (Å²) in [4.78, 5) is 11.6. The lowest BCUT2D eigenvalue weighted by Gasteiger charge is -2.05. The van der Waals surface area contributed by atoms with Crippen LogP contribution < -0.4 is 10.7 Å². The van der Waals surface area contributed by atoms with Gasteiger partial charge in [0.25, 0.3) is 5.91 Å². The van der Waals surface area contributed by atoms with E-state index in [9.17, 15) is 4.79 Å². The van der Waals surface area contributed by atoms with Crippen LogP contribution in [0, 0.1) is 6.92 Å². The Bertz CT molecular complexity index is 691. The Morgan fingerprint density at radius 2 is 1.83 bits per heavy atom. The van der Waals surface area contributed by atoms with Gasteiger partial charge in [-0.25, -0.2) is 5.43 Å². The summed E-state index contributed by atoms with van der Waals surface area (Å²) < 4.78 is 1.04. The molecule has 0 aliphatic rings. The zero-order chi connectivity index (χ0) is 16.5. The number of amides is 1. The highest BCUT2D eigenvalue weighted by Crippen LogP contribution is 2.11. The molecule has 0 radical (unpaired) electrons. The van der Waals surface area contributed by atoms with Crippen LogP contribution in [-0.4, -0.2) is 18.7 Å². The zero-order valence-corrected chi connectivity index (χ0v) is 14.4. The first-order chi connectivity index (χ1) is 11.1. The molecule has 2 aromatic rings. The lowest BCUT2D eigenvalue weighted by Crippen LogP contribution is -2.25. The van der Waals surface area contributed by atoms with Crippen molar-refractivity contribution in [2.45, 2.75) is 6.92 Å². The second-order valence-electron chi connectivity index (χ2n) is 4.94. The summed E-state index contributed by atoms with van der Waals surface area (Å²) >= 11 is 3.39. The molecular weight excluding hydrogens is 354 g/mol. The van der Waals surface area contributed by atoms with Gasteiger partial charge in [-0.15, -0.1) is 0 Å². The van der Waals surface area contributed by atoms with E-state index in [4.69, 9.17) is 0 Å². The van der Waals surface area contributed by atoms with Crippen molar-refractivity contribution in [3.63, 3.8) is 0 Å². The van der Waals surface area contributed by atoms with Gasteiger partial charge in [-0.2, -0.15) is 5.10 Å². The summed E-state index contributed by atoms with van der Waals surface area (Å²) in [5.74, 6) is -0.195. The minimum absolute atomic E-state index is 0.177. The predicted molar refractivity (Wildman–Crippen MR) is 99.5 cm³/mol. The maximum atomic E-state index is 11.6. The molecule has 5 heteroatoms. The predicted octanol–water partition coefficient (Wildman–Crippen LogP) is 3.98. The number of halogens is 1. The number of nitrogens with one attached hydrogen (secondary N) is 2. The van der Waals surface area contributed by atoms with E-state index >= 15 is 0 Å². The van der Waals surface area contributed by atoms with Gasteiger partial charge in [-0.05, 0) is 42.8 Å². The summed E-state index contributed by atoms with van der Waals surface area (Å²) in [5.41, 5.74) is 5.62. The van der Waals surface area contributed by atoms with Gasteiger partial charge in [0.15, 0.2) is 0 Å². The number of hydrogen-bond acceptors (Lipinski definition) is 3. The first kappa shape index (κ1) is 17.0. The van der Waals surface area contributed by atoms with E-state index in [0.717, 1.165) is 15.7 Å². The molecule has 0 fully saturated rings. The second kappa shape index (κ2) is 8.90. The van der Waals surface area contributed by atoms with Crippen LogP contribution >= 0.6 is 15.9 Å². The number of rotatable bonds is 6. The Morgan fingerprint density at radius 3 is 2.52 bits per heavy atom. The van der Waals surface area contributed by atoms with Gasteiger partial charge in [-0.3, -0.25) is 4.79 Å². The van der Waals surface area contributed by atoms with Gasteiger partial charge in [0.05, 0.1) is 6.54 Å². The third-order valence-corrected chi connectivity index (χ3v) is 3.54. The lowest BCUT2D eigenvalue weighted by atomic mass is 10.2. The number of carbonyl (C=O) groups is 1. The average molecular weight is 372 g/mol. The van der Waals surface area contributed by atoms with Gasteiger partial charge in [0.2, 0.25) is 0 Å². The first-order valence-corrected chi connectivity index (χ1v) is 7.97. The van der Waals surface area contributed by atoms with Gasteiger partial charge in [0.1, 0.15) is 0 Å². The van der Waals surface area contributed by atoms with Crippen LogP contribution in [0.3, 0.4) is 0 Å². The number of aryl methyl sites for hydroxylation is 1. The monoisotopic (exact) mass is 371 g/mol. The van der Waals surface area contributed by atoms with E-state index in [1.54, 1.807) is 12.3 Å². The maximum Gasteiger partial charge on any atom is 0.259 e. The average Bonchev–Trinajstić information content (AvgIpc) is 2.56. The van der Waals surface area contributed by atoms with Crippen LogP contribution in [0.1, 0.15) is 11.1 Å². The number of hydrazone groups is 1. The number of hydrogen-bond donors (Lipinski definition) is 2. The summed E-state index contributed by atoms with van der Waals surface area (Å²) in [6.45, 7) is 2.20. The molecule has 0 unspecified atom stereocenters. The molecule has 0 aromatic heterocycles. The summed E-state index contributed by atoms with van der Waals surface area (Å²) in [6.07, 6.45) is 5.23. The Morgan fingerprint density at radius 1 is 1.13 bits per heavy atom. The SMILES string of the molecule is Cc1ccc(NCC(=O)N/N=C/C=C/c2ccc(Br)cc2)cc1. The molecule has 2 N–H and O–H groups in total. The lowest BCUT2D eigenvalue weighted by molar-refractivity contribution is -0.119. The van der Waals surface area contributed by atoms with Crippen LogP contribution in [0.2, 0.25) is 0 Å². The van der Waals surface area contributed by atoms with Gasteiger partial charge >= 0.3 is 0 Å². The molecule has 0 spiro atoms. The number of nitrogens with zero attached hydrogens (tertiary/aromatic N) is 1. The molecule has 0 atom stereocenters. The van der Waals surface area contributed by atoms with E-state index in [0.29, 0.717) is 0 Å². The second-order valence-corrected chi connectivity index (χ2v) is 5.86. The molecule has 0 aliphatic carbocycles. The van der Waals surface area contributed by atoms with E-state index in [1.165, 1.54) is 5.56 Å². The summed E-state index contributed by atoms with van der Waals surface area (Å²) in [7, 11) is 0. The fourth-order valence-electron chi connectivity index (χ4n) is 1.77. The molecule has 0 saturated heterocycles. The Labute approximate surface area is 144 Å². The molecule has 2 rings (SSSR count). The quantitative estimate of drug-likeness (QED) is 0.595. The maximum absolute atomic E-state index is 11.6.